The molecule has 1 fully saturated rings. The maximum atomic E-state index is 2.56. The summed E-state index contributed by atoms with van der Waals surface area (Å²) in [6, 6.07) is 0. The summed E-state index contributed by atoms with van der Waals surface area (Å²) in [6.45, 7) is 2.41. The average molecular weight is 173 g/mol. The highest BCUT2D eigenvalue weighted by atomic mass is 15.1. The molecule has 0 N–H and O–H groups in total. The Kier molecular flexibility index (Phi) is 1.58. The molecule has 0 aromatic carbocycles. The molecule has 2 heterocycles. The van der Waals surface area contributed by atoms with Gasteiger partial charge >= 0.3 is 0 Å². The number of rotatable bonds is 0. The summed E-state index contributed by atoms with van der Waals surface area (Å²) in [5.41, 5.74) is 3.11. The Balaban J connectivity index is 2.07. The van der Waals surface area contributed by atoms with Gasteiger partial charge in [-0.1, -0.05) is 24.3 Å². The van der Waals surface area contributed by atoms with E-state index in [4.69, 9.17) is 0 Å². The third-order valence-corrected chi connectivity index (χ3v) is 3.34. The topological polar surface area (TPSA) is 3.24 Å². The molecule has 0 bridgehead atoms. The van der Waals surface area contributed by atoms with Gasteiger partial charge in [-0.15, -0.1) is 0 Å². The van der Waals surface area contributed by atoms with Crippen molar-refractivity contribution < 1.29 is 0 Å². The second-order valence-corrected chi connectivity index (χ2v) is 4.17. The van der Waals surface area contributed by atoms with Crippen LogP contribution in [0.4, 0.5) is 0 Å². The summed E-state index contributed by atoms with van der Waals surface area (Å²) in [6.07, 6.45) is 13.2. The normalized spacial score (nSPS) is 30.8. The van der Waals surface area contributed by atoms with Crippen molar-refractivity contribution in [2.24, 2.45) is 5.92 Å². The van der Waals surface area contributed by atoms with Gasteiger partial charge in [-0.2, -0.15) is 0 Å². The third kappa shape index (κ3) is 1.06. The number of allylic oxidation sites excluding steroid dienone is 5. The molecule has 1 aliphatic carbocycles. The van der Waals surface area contributed by atoms with Crippen molar-refractivity contribution in [3.8, 4) is 0 Å². The average Bonchev–Trinajstić information content (AvgIpc) is 2.19. The van der Waals surface area contributed by atoms with Gasteiger partial charge in [0.1, 0.15) is 0 Å². The van der Waals surface area contributed by atoms with Crippen LogP contribution in [0.15, 0.2) is 35.6 Å². The Labute approximate surface area is 79.4 Å². The summed E-state index contributed by atoms with van der Waals surface area (Å²) >= 11 is 0. The molecule has 0 spiro atoms. The van der Waals surface area contributed by atoms with Gasteiger partial charge in [0.05, 0.1) is 0 Å². The smallest absolute Gasteiger partial charge is 0.0360 e. The van der Waals surface area contributed by atoms with Crippen molar-refractivity contribution in [3.63, 3.8) is 0 Å². The van der Waals surface area contributed by atoms with E-state index in [-0.39, 0.29) is 0 Å². The van der Waals surface area contributed by atoms with Crippen LogP contribution < -0.4 is 0 Å². The molecule has 1 atom stereocenters. The van der Waals surface area contributed by atoms with E-state index in [2.05, 4.69) is 29.2 Å². The van der Waals surface area contributed by atoms with E-state index in [1.165, 1.54) is 31.4 Å². The molecule has 1 heteroatoms. The number of nitrogens with zero attached hydrogens (tertiary/aromatic N) is 1. The lowest BCUT2D eigenvalue weighted by atomic mass is 9.83. The highest BCUT2D eigenvalue weighted by Gasteiger charge is 2.28. The lowest BCUT2D eigenvalue weighted by Crippen LogP contribution is -2.36. The molecule has 68 valence electrons. The molecule has 13 heavy (non-hydrogen) atoms. The van der Waals surface area contributed by atoms with Gasteiger partial charge in [0.2, 0.25) is 0 Å². The van der Waals surface area contributed by atoms with E-state index in [1.54, 1.807) is 5.70 Å². The first kappa shape index (κ1) is 7.43. The van der Waals surface area contributed by atoms with E-state index in [1.807, 2.05) is 0 Å². The molecule has 0 aromatic heterocycles. The molecule has 0 saturated carbocycles. The summed E-state index contributed by atoms with van der Waals surface area (Å²) in [5, 5.41) is 0. The van der Waals surface area contributed by atoms with Crippen molar-refractivity contribution in [1.82, 2.24) is 4.90 Å². The molecule has 2 aliphatic heterocycles. The monoisotopic (exact) mass is 173 g/mol. The molecule has 3 aliphatic rings. The third-order valence-electron chi connectivity index (χ3n) is 3.34. The summed E-state index contributed by atoms with van der Waals surface area (Å²) in [5.74, 6) is 0.832. The van der Waals surface area contributed by atoms with E-state index >= 15 is 0 Å². The van der Waals surface area contributed by atoms with Crippen molar-refractivity contribution >= 4 is 0 Å². The van der Waals surface area contributed by atoms with Crippen LogP contribution in [0.5, 0.6) is 0 Å². The predicted molar refractivity (Wildman–Crippen MR) is 54.2 cm³/mol. The first-order valence-electron chi connectivity index (χ1n) is 5.27. The van der Waals surface area contributed by atoms with E-state index in [0.29, 0.717) is 0 Å². The van der Waals surface area contributed by atoms with Crippen LogP contribution in [0, 0.1) is 5.92 Å². The zero-order valence-electron chi connectivity index (χ0n) is 7.87. The van der Waals surface area contributed by atoms with Gasteiger partial charge in [0.25, 0.3) is 0 Å². The van der Waals surface area contributed by atoms with Crippen LogP contribution in [-0.4, -0.2) is 18.0 Å². The summed E-state index contributed by atoms with van der Waals surface area (Å²) in [4.78, 5) is 2.56. The maximum absolute atomic E-state index is 2.56. The standard InChI is InChI=1S/C12H15N/c1-4-10-6-2-8-13-9-3-7-11(5-1)12(10)13/h1-2,4,6,11H,3,5,7-9H2. The van der Waals surface area contributed by atoms with Gasteiger partial charge in [-0.05, 0) is 24.8 Å². The first-order chi connectivity index (χ1) is 6.45. The van der Waals surface area contributed by atoms with Gasteiger partial charge in [-0.25, -0.2) is 0 Å². The number of piperidine rings is 1. The second-order valence-electron chi connectivity index (χ2n) is 4.17. The van der Waals surface area contributed by atoms with Crippen LogP contribution in [0.3, 0.4) is 0 Å². The van der Waals surface area contributed by atoms with Crippen LogP contribution in [0.25, 0.3) is 0 Å². The largest absolute Gasteiger partial charge is 0.370 e. The van der Waals surface area contributed by atoms with Gasteiger partial charge in [0.15, 0.2) is 0 Å². The minimum atomic E-state index is 0.832. The van der Waals surface area contributed by atoms with Crippen molar-refractivity contribution in [3.05, 3.63) is 35.6 Å². The fourth-order valence-electron chi connectivity index (χ4n) is 2.77. The number of hydrogen-bond donors (Lipinski definition) is 0. The molecule has 0 radical (unpaired) electrons. The minimum Gasteiger partial charge on any atom is -0.370 e. The van der Waals surface area contributed by atoms with Crippen molar-refractivity contribution in [2.45, 2.75) is 19.3 Å². The summed E-state index contributed by atoms with van der Waals surface area (Å²) in [7, 11) is 0. The van der Waals surface area contributed by atoms with Crippen LogP contribution in [-0.2, 0) is 0 Å². The predicted octanol–water partition coefficient (Wildman–Crippen LogP) is 2.48. The van der Waals surface area contributed by atoms with Crippen LogP contribution >= 0.6 is 0 Å². The van der Waals surface area contributed by atoms with Crippen LogP contribution in [0.1, 0.15) is 19.3 Å². The SMILES string of the molecule is C1=CC2=C3C(C1)CCCN3CC=C2. The molecule has 3 rings (SSSR count). The molecule has 0 amide bonds. The Morgan fingerprint density at radius 2 is 2.15 bits per heavy atom. The van der Waals surface area contributed by atoms with Gasteiger partial charge in [-0.3, -0.25) is 0 Å². The van der Waals surface area contributed by atoms with Crippen molar-refractivity contribution in [1.29, 1.82) is 0 Å². The second kappa shape index (κ2) is 2.76. The van der Waals surface area contributed by atoms with Gasteiger partial charge in [0, 0.05) is 24.7 Å². The molecular weight excluding hydrogens is 158 g/mol. The number of hydrogen-bond acceptors (Lipinski definition) is 1. The van der Waals surface area contributed by atoms with Crippen molar-refractivity contribution in [2.75, 3.05) is 13.1 Å². The van der Waals surface area contributed by atoms with Crippen LogP contribution in [0.2, 0.25) is 0 Å². The zero-order chi connectivity index (χ0) is 8.67. The maximum Gasteiger partial charge on any atom is 0.0360 e. The Hall–Kier alpha value is -0.980. The Bertz CT molecular complexity index is 281. The highest BCUT2D eigenvalue weighted by molar-refractivity contribution is 5.42. The Morgan fingerprint density at radius 1 is 1.23 bits per heavy atom. The lowest BCUT2D eigenvalue weighted by Gasteiger charge is -2.40. The first-order valence-corrected chi connectivity index (χ1v) is 5.27. The Morgan fingerprint density at radius 3 is 3.15 bits per heavy atom. The minimum absolute atomic E-state index is 0.832. The molecule has 1 nitrogen and oxygen atoms in total. The summed E-state index contributed by atoms with van der Waals surface area (Å²) < 4.78 is 0. The van der Waals surface area contributed by atoms with E-state index in [0.717, 1.165) is 12.5 Å². The zero-order valence-corrected chi connectivity index (χ0v) is 7.87. The molecular formula is C12H15N. The molecule has 0 aromatic rings. The lowest BCUT2D eigenvalue weighted by molar-refractivity contribution is 0.253. The molecule has 1 saturated heterocycles. The molecule has 1 unspecified atom stereocenters. The van der Waals surface area contributed by atoms with Gasteiger partial charge < -0.3 is 4.90 Å². The van der Waals surface area contributed by atoms with E-state index < -0.39 is 0 Å². The fraction of sp³-hybridized carbons (Fsp3) is 0.500. The van der Waals surface area contributed by atoms with E-state index in [9.17, 15) is 0 Å². The fourth-order valence-corrected chi connectivity index (χ4v) is 2.77. The highest BCUT2D eigenvalue weighted by Crippen LogP contribution is 2.37. The quantitative estimate of drug-likeness (QED) is 0.544.